The average Bonchev–Trinajstić information content (AvgIpc) is 3.57. The largest absolute Gasteiger partial charge is 0.549 e. The van der Waals surface area contributed by atoms with Crippen LogP contribution >= 0.6 is 11.8 Å². The average molecular weight is 984 g/mol. The van der Waals surface area contributed by atoms with E-state index in [1.807, 2.05) is 0 Å². The Kier molecular flexibility index (Phi) is 17.0. The first-order valence-electron chi connectivity index (χ1n) is 23.6. The molecule has 20 heteroatoms. The Bertz CT molecular complexity index is 2320. The van der Waals surface area contributed by atoms with E-state index < -0.39 is 124 Å². The van der Waals surface area contributed by atoms with Gasteiger partial charge in [-0.05, 0) is 79.2 Å². The number of amides is 3. The van der Waals surface area contributed by atoms with Gasteiger partial charge in [0.1, 0.15) is 35.6 Å². The molecule has 7 N–H and O–H groups in total. The first-order valence-corrected chi connectivity index (χ1v) is 24.7. The maximum absolute atomic E-state index is 14.0. The highest BCUT2D eigenvalue weighted by Gasteiger charge is 2.51. The number of imide groups is 1. The van der Waals surface area contributed by atoms with Gasteiger partial charge in [0.25, 0.3) is 0 Å². The minimum atomic E-state index is -2.37. The summed E-state index contributed by atoms with van der Waals surface area (Å²) < 4.78 is 17.6. The molecular formula is C49H65N3O16S. The van der Waals surface area contributed by atoms with Crippen molar-refractivity contribution in [1.29, 1.82) is 0 Å². The second-order valence-corrected chi connectivity index (χ2v) is 20.5. The first-order chi connectivity index (χ1) is 32.6. The number of fused-ring (bicyclic) bond motifs is 3. The van der Waals surface area contributed by atoms with Crippen LogP contribution in [0.25, 0.3) is 0 Å². The SMILES string of the molecule is CC[NH+](C(C)C)C(C)C.COc1cccc2c1C(=O)c1c(O)c3c(c(O)c1C2=O)C[C@@](O)(C(=O)CO)C[C@@H]3O[C@H]1C[C@H](NC(=O)C2CCC(CN3C(=O)CC(SCC(=O)[O-])C3=O)CC2)[C@H](O)[C@H](C)O1. The van der Waals surface area contributed by atoms with E-state index in [9.17, 15) is 64.2 Å². The molecule has 5 aliphatic rings. The summed E-state index contributed by atoms with van der Waals surface area (Å²) in [7, 11) is 1.30. The van der Waals surface area contributed by atoms with E-state index >= 15 is 0 Å². The highest BCUT2D eigenvalue weighted by molar-refractivity contribution is 8.01. The van der Waals surface area contributed by atoms with Crippen molar-refractivity contribution in [2.24, 2.45) is 11.8 Å². The van der Waals surface area contributed by atoms with Crippen LogP contribution in [-0.2, 0) is 39.9 Å². The number of aromatic hydroxyl groups is 2. The molecule has 2 heterocycles. The first kappa shape index (κ1) is 53.4. The molecule has 3 fully saturated rings. The summed E-state index contributed by atoms with van der Waals surface area (Å²) in [5.74, 6) is -7.61. The van der Waals surface area contributed by atoms with Crippen LogP contribution in [0.1, 0.15) is 136 Å². The Hall–Kier alpha value is -4.96. The van der Waals surface area contributed by atoms with Gasteiger partial charge in [0.15, 0.2) is 17.9 Å². The molecule has 3 amide bonds. The maximum atomic E-state index is 14.0. The third-order valence-corrected chi connectivity index (χ3v) is 15.4. The quantitative estimate of drug-likeness (QED) is 0.0795. The molecule has 19 nitrogen and oxygen atoms in total. The number of likely N-dealkylation sites (tertiary alicyclic amines) is 1. The Morgan fingerprint density at radius 1 is 1.00 bits per heavy atom. The van der Waals surface area contributed by atoms with Crippen molar-refractivity contribution in [2.75, 3.05) is 32.6 Å². The van der Waals surface area contributed by atoms with Crippen LogP contribution in [0, 0.1) is 11.8 Å². The van der Waals surface area contributed by atoms with Crippen molar-refractivity contribution in [2.45, 2.75) is 146 Å². The molecule has 378 valence electrons. The van der Waals surface area contributed by atoms with Crippen LogP contribution in [-0.4, -0.2) is 152 Å². The number of hydrogen-bond donors (Lipinski definition) is 7. The Labute approximate surface area is 404 Å². The lowest BCUT2D eigenvalue weighted by molar-refractivity contribution is -0.940. The van der Waals surface area contributed by atoms with Gasteiger partial charge < -0.3 is 59.9 Å². The molecule has 69 heavy (non-hydrogen) atoms. The molecular weight excluding hydrogens is 919 g/mol. The number of rotatable bonds is 15. The summed E-state index contributed by atoms with van der Waals surface area (Å²) in [5.41, 5.74) is -4.17. The molecule has 2 saturated heterocycles. The van der Waals surface area contributed by atoms with Crippen LogP contribution in [0.5, 0.6) is 17.2 Å². The van der Waals surface area contributed by atoms with Crippen molar-refractivity contribution in [3.05, 3.63) is 51.6 Å². The van der Waals surface area contributed by atoms with Gasteiger partial charge in [-0.25, -0.2) is 0 Å². The fourth-order valence-corrected chi connectivity index (χ4v) is 11.5. The van der Waals surface area contributed by atoms with E-state index in [2.05, 4.69) is 39.9 Å². The number of methoxy groups -OCH3 is 1. The molecule has 3 aliphatic carbocycles. The minimum absolute atomic E-state index is 0.0464. The number of phenols is 2. The number of nitrogens with one attached hydrogen (secondary N) is 2. The van der Waals surface area contributed by atoms with Gasteiger partial charge >= 0.3 is 0 Å². The molecule has 2 aromatic carbocycles. The van der Waals surface area contributed by atoms with Crippen LogP contribution in [0.2, 0.25) is 0 Å². The summed E-state index contributed by atoms with van der Waals surface area (Å²) in [6.45, 7) is 13.2. The number of quaternary nitrogens is 1. The van der Waals surface area contributed by atoms with E-state index in [1.165, 1.54) is 38.8 Å². The fourth-order valence-electron chi connectivity index (χ4n) is 10.7. The molecule has 7 atom stereocenters. The number of phenolic OH excluding ortho intramolecular Hbond substituents is 2. The summed E-state index contributed by atoms with van der Waals surface area (Å²) in [5, 5.41) is 68.9. The summed E-state index contributed by atoms with van der Waals surface area (Å²) >= 11 is 0.857. The third kappa shape index (κ3) is 11.0. The second kappa shape index (κ2) is 22.0. The van der Waals surface area contributed by atoms with Crippen molar-refractivity contribution in [3.63, 3.8) is 0 Å². The number of carbonyl (C=O) groups is 7. The lowest BCUT2D eigenvalue weighted by Gasteiger charge is -2.43. The van der Waals surface area contributed by atoms with Crippen LogP contribution in [0.3, 0.4) is 0 Å². The smallest absolute Gasteiger partial charge is 0.242 e. The van der Waals surface area contributed by atoms with E-state index in [4.69, 9.17) is 14.2 Å². The second-order valence-electron chi connectivity index (χ2n) is 19.3. The predicted octanol–water partition coefficient (Wildman–Crippen LogP) is 0.284. The van der Waals surface area contributed by atoms with Crippen molar-refractivity contribution in [1.82, 2.24) is 10.2 Å². The highest BCUT2D eigenvalue weighted by atomic mass is 32.2. The lowest BCUT2D eigenvalue weighted by atomic mass is 9.72. The van der Waals surface area contributed by atoms with E-state index in [1.54, 1.807) is 4.90 Å². The summed E-state index contributed by atoms with van der Waals surface area (Å²) in [6, 6.07) is 4.89. The molecule has 1 unspecified atom stereocenters. The van der Waals surface area contributed by atoms with Crippen LogP contribution < -0.4 is 20.1 Å². The van der Waals surface area contributed by atoms with Crippen molar-refractivity contribution in [3.8, 4) is 17.2 Å². The third-order valence-electron chi connectivity index (χ3n) is 14.2. The highest BCUT2D eigenvalue weighted by Crippen LogP contribution is 2.52. The van der Waals surface area contributed by atoms with Crippen molar-refractivity contribution >= 4 is 52.8 Å². The topological polar surface area (TPSA) is 291 Å². The van der Waals surface area contributed by atoms with E-state index in [0.717, 1.165) is 28.7 Å². The molecule has 0 radical (unpaired) electrons. The number of aliphatic hydroxyl groups is 3. The number of benzene rings is 2. The summed E-state index contributed by atoms with van der Waals surface area (Å²) in [6.07, 6.45) is -4.53. The molecule has 0 bridgehead atoms. The van der Waals surface area contributed by atoms with Gasteiger partial charge in [-0.1, -0.05) is 12.1 Å². The number of ether oxygens (including phenoxy) is 3. The number of nitrogens with zero attached hydrogens (tertiary/aromatic N) is 1. The monoisotopic (exact) mass is 983 g/mol. The molecule has 2 aliphatic heterocycles. The number of carboxylic acid groups (broad SMARTS) is 1. The number of aliphatic hydroxyl groups excluding tert-OH is 2. The van der Waals surface area contributed by atoms with E-state index in [-0.39, 0.29) is 65.1 Å². The fraction of sp³-hybridized carbons (Fsp3) is 0.612. The molecule has 1 saturated carbocycles. The number of hydrogen-bond acceptors (Lipinski definition) is 17. The number of aliphatic carboxylic acids is 1. The van der Waals surface area contributed by atoms with Crippen LogP contribution in [0.15, 0.2) is 18.2 Å². The number of Topliss-reactive ketones (excluding diaryl/α,β-unsaturated/α-hetero) is 1. The molecule has 0 spiro atoms. The predicted molar refractivity (Wildman–Crippen MR) is 246 cm³/mol. The molecule has 2 aromatic rings. The number of thioether (sulfide) groups is 1. The van der Waals surface area contributed by atoms with Gasteiger partial charge in [-0.3, -0.25) is 33.7 Å². The Morgan fingerprint density at radius 3 is 2.23 bits per heavy atom. The normalized spacial score (nSPS) is 27.7. The minimum Gasteiger partial charge on any atom is -0.549 e. The van der Waals surface area contributed by atoms with Crippen LogP contribution in [0.4, 0.5) is 0 Å². The Balaban J connectivity index is 0.000000789. The maximum Gasteiger partial charge on any atom is 0.242 e. The molecule has 0 aromatic heterocycles. The zero-order chi connectivity index (χ0) is 50.8. The lowest BCUT2D eigenvalue weighted by Crippen LogP contribution is -3.17. The van der Waals surface area contributed by atoms with E-state index in [0.29, 0.717) is 25.7 Å². The van der Waals surface area contributed by atoms with Crippen molar-refractivity contribution < 1.29 is 83.3 Å². The number of carboxylic acids is 1. The van der Waals surface area contributed by atoms with Gasteiger partial charge in [0, 0.05) is 60.6 Å². The standard InChI is InChI=1S/C41H46N2O16S.C8H19N/c1-17-34(49)22(42-39(54)19-8-6-18(7-9-19)14-43-27(46)11-25(40(43)55)60-16-28(47)48)10-29(58-17)59-24-13-41(56,26(45)15-44)12-21-31(24)38(53)33-32(36(21)51)35(50)20-4-3-5-23(57-2)30(20)37(33)52;1-6-9(7(2)3)8(4)5/h3-5,17-19,22,24-25,29,34,44,49,51,53,56H,6-16H2,1-2H3,(H,42,54)(H,47,48);7-8H,6H2,1-5H3/t17-,18?,19?,22-,24-,25?,29-,34+,41-;/m0./s1. The zero-order valence-corrected chi connectivity index (χ0v) is 40.9. The number of carbonyl (C=O) groups excluding carboxylic acids is 7. The zero-order valence-electron chi connectivity index (χ0n) is 40.1. The van der Waals surface area contributed by atoms with Gasteiger partial charge in [0.05, 0.1) is 71.9 Å². The van der Waals surface area contributed by atoms with Gasteiger partial charge in [-0.2, -0.15) is 0 Å². The molecule has 7 rings (SSSR count). The number of ketones is 3. The van der Waals surface area contributed by atoms with Gasteiger partial charge in [-0.15, -0.1) is 11.8 Å². The summed E-state index contributed by atoms with van der Waals surface area (Å²) in [4.78, 5) is 93.4. The van der Waals surface area contributed by atoms with Gasteiger partial charge in [0.2, 0.25) is 23.5 Å². The Morgan fingerprint density at radius 2 is 1.65 bits per heavy atom.